The number of aromatic nitrogens is 3. The van der Waals surface area contributed by atoms with Crippen LogP contribution in [0.1, 0.15) is 6.42 Å². The van der Waals surface area contributed by atoms with E-state index in [4.69, 9.17) is 10.4 Å². The van der Waals surface area contributed by atoms with E-state index in [2.05, 4.69) is 36.4 Å². The summed E-state index contributed by atoms with van der Waals surface area (Å²) in [5.74, 6) is -0.285. The topological polar surface area (TPSA) is 188 Å². The Balaban J connectivity index is 1.84. The molecule has 6 N–H and O–H groups in total. The van der Waals surface area contributed by atoms with Crippen molar-refractivity contribution < 1.29 is 13.2 Å². The zero-order valence-electron chi connectivity index (χ0n) is 15.9. The second-order valence-corrected chi connectivity index (χ2v) is 7.56. The summed E-state index contributed by atoms with van der Waals surface area (Å²) in [5, 5.41) is 19.6. The second-order valence-electron chi connectivity index (χ2n) is 6.00. The third-order valence-electron chi connectivity index (χ3n) is 3.66. The smallest absolute Gasteiger partial charge is 0.252 e. The van der Waals surface area contributed by atoms with Crippen molar-refractivity contribution in [2.45, 2.75) is 11.3 Å². The fourth-order valence-corrected chi connectivity index (χ4v) is 2.81. The lowest BCUT2D eigenvalue weighted by molar-refractivity contribution is -0.119. The number of benzene rings is 2. The molecular weight excluding hydrogens is 422 g/mol. The molecule has 2 aromatic carbocycles. The molecule has 0 unspecified atom stereocenters. The van der Waals surface area contributed by atoms with Gasteiger partial charge in [-0.15, -0.1) is 0 Å². The second kappa shape index (κ2) is 9.48. The van der Waals surface area contributed by atoms with Gasteiger partial charge < -0.3 is 10.6 Å². The van der Waals surface area contributed by atoms with Gasteiger partial charge in [-0.05, 0) is 36.4 Å². The minimum Gasteiger partial charge on any atom is -0.324 e. The van der Waals surface area contributed by atoms with Gasteiger partial charge in [0.2, 0.25) is 27.9 Å². The highest BCUT2D eigenvalue weighted by Gasteiger charge is 2.10. The Hall–Kier alpha value is -4.28. The number of nitrogens with two attached hydrogens (primary N) is 1. The van der Waals surface area contributed by atoms with Crippen molar-refractivity contribution in [3.63, 3.8) is 0 Å². The SMILES string of the molecule is N#CCC(=O)NNc1nc(Nc2ccccc2)nc(Nc2ccc(S(N)(=O)=O)cc2)n1. The van der Waals surface area contributed by atoms with E-state index in [0.717, 1.165) is 5.69 Å². The average molecular weight is 439 g/mol. The number of hydrogen-bond donors (Lipinski definition) is 5. The Morgan fingerprint density at radius 2 is 1.45 bits per heavy atom. The fourth-order valence-electron chi connectivity index (χ4n) is 2.29. The molecule has 13 heteroatoms. The zero-order chi connectivity index (χ0) is 22.3. The first kappa shape index (κ1) is 21.4. The molecule has 0 aliphatic heterocycles. The molecule has 0 saturated carbocycles. The van der Waals surface area contributed by atoms with Crippen molar-refractivity contribution in [1.82, 2.24) is 20.4 Å². The van der Waals surface area contributed by atoms with E-state index in [-0.39, 0.29) is 29.2 Å². The van der Waals surface area contributed by atoms with Gasteiger partial charge in [-0.25, -0.2) is 13.6 Å². The van der Waals surface area contributed by atoms with Gasteiger partial charge in [0.15, 0.2) is 0 Å². The molecule has 3 aromatic rings. The molecule has 1 amide bonds. The van der Waals surface area contributed by atoms with E-state index < -0.39 is 15.9 Å². The van der Waals surface area contributed by atoms with E-state index in [1.807, 2.05) is 30.3 Å². The van der Waals surface area contributed by atoms with Crippen molar-refractivity contribution in [3.8, 4) is 6.07 Å². The molecule has 0 aliphatic carbocycles. The van der Waals surface area contributed by atoms with Gasteiger partial charge in [0.05, 0.1) is 11.0 Å². The van der Waals surface area contributed by atoms with Gasteiger partial charge in [0.25, 0.3) is 5.91 Å². The number of carbonyl (C=O) groups excluding carboxylic acids is 1. The first-order valence-corrected chi connectivity index (χ1v) is 10.3. The Kier molecular flexibility index (Phi) is 6.55. The first-order valence-electron chi connectivity index (χ1n) is 8.73. The van der Waals surface area contributed by atoms with E-state index in [9.17, 15) is 13.2 Å². The summed E-state index contributed by atoms with van der Waals surface area (Å²) in [6.07, 6.45) is -0.339. The summed E-state index contributed by atoms with van der Waals surface area (Å²) in [6.45, 7) is 0. The Morgan fingerprint density at radius 3 is 2.00 bits per heavy atom. The molecule has 12 nitrogen and oxygen atoms in total. The molecule has 31 heavy (non-hydrogen) atoms. The standard InChI is InChI=1S/C18H17N9O3S/c19-11-10-15(28)26-27-18-24-16(21-12-4-2-1-3-5-12)23-17(25-18)22-13-6-8-14(9-7-13)31(20,29)30/h1-9H,10H2,(H,26,28)(H2,20,29,30)(H3,21,22,23,24,25,27). The van der Waals surface area contributed by atoms with Crippen LogP contribution in [-0.4, -0.2) is 29.3 Å². The Morgan fingerprint density at radius 1 is 0.903 bits per heavy atom. The quantitative estimate of drug-likeness (QED) is 0.321. The van der Waals surface area contributed by atoms with Crippen LogP contribution >= 0.6 is 0 Å². The summed E-state index contributed by atoms with van der Waals surface area (Å²) < 4.78 is 22.8. The molecule has 0 saturated heterocycles. The summed E-state index contributed by atoms with van der Waals surface area (Å²) in [6, 6.07) is 16.5. The van der Waals surface area contributed by atoms with Crippen LogP contribution in [0.4, 0.5) is 29.2 Å². The number of nitrogens with zero attached hydrogens (tertiary/aromatic N) is 4. The van der Waals surface area contributed by atoms with Gasteiger partial charge >= 0.3 is 0 Å². The number of primary sulfonamides is 1. The number of carbonyl (C=O) groups is 1. The van der Waals surface area contributed by atoms with Gasteiger partial charge in [-0.1, -0.05) is 18.2 Å². The van der Waals surface area contributed by atoms with E-state index in [1.54, 1.807) is 6.07 Å². The van der Waals surface area contributed by atoms with Crippen LogP contribution in [0, 0.1) is 11.3 Å². The van der Waals surface area contributed by atoms with Crippen molar-refractivity contribution in [1.29, 1.82) is 5.26 Å². The Labute approximate surface area is 177 Å². The predicted octanol–water partition coefficient (Wildman–Crippen LogP) is 1.36. The van der Waals surface area contributed by atoms with E-state index in [0.29, 0.717) is 5.69 Å². The van der Waals surface area contributed by atoms with Crippen molar-refractivity contribution in [2.75, 3.05) is 16.1 Å². The summed E-state index contributed by atoms with van der Waals surface area (Å²) in [5.41, 5.74) is 6.04. The van der Waals surface area contributed by atoms with Crippen LogP contribution in [0.5, 0.6) is 0 Å². The van der Waals surface area contributed by atoms with Crippen LogP contribution in [0.25, 0.3) is 0 Å². The summed E-state index contributed by atoms with van der Waals surface area (Å²) >= 11 is 0. The van der Waals surface area contributed by atoms with Crippen LogP contribution in [0.3, 0.4) is 0 Å². The molecule has 3 rings (SSSR count). The number of sulfonamides is 1. The fraction of sp³-hybridized carbons (Fsp3) is 0.0556. The number of amides is 1. The van der Waals surface area contributed by atoms with Gasteiger partial charge in [0, 0.05) is 11.4 Å². The van der Waals surface area contributed by atoms with Gasteiger partial charge in [-0.2, -0.15) is 20.2 Å². The molecule has 0 bridgehead atoms. The maximum absolute atomic E-state index is 11.5. The number of hydrogen-bond acceptors (Lipinski definition) is 10. The molecule has 0 spiro atoms. The van der Waals surface area contributed by atoms with Crippen LogP contribution in [0.15, 0.2) is 59.5 Å². The Bertz CT molecular complexity index is 1210. The van der Waals surface area contributed by atoms with Crippen LogP contribution < -0.4 is 26.6 Å². The molecule has 1 aromatic heterocycles. The number of hydrazine groups is 1. The summed E-state index contributed by atoms with van der Waals surface area (Å²) in [7, 11) is -3.81. The minimum atomic E-state index is -3.81. The zero-order valence-corrected chi connectivity index (χ0v) is 16.7. The maximum atomic E-state index is 11.5. The highest BCUT2D eigenvalue weighted by atomic mass is 32.2. The van der Waals surface area contributed by atoms with Gasteiger partial charge in [-0.3, -0.25) is 15.6 Å². The highest BCUT2D eigenvalue weighted by molar-refractivity contribution is 7.89. The molecule has 0 radical (unpaired) electrons. The molecule has 158 valence electrons. The number of anilines is 5. The molecule has 0 atom stereocenters. The number of rotatable bonds is 8. The number of nitrogens with one attached hydrogen (secondary N) is 4. The molecule has 0 fully saturated rings. The largest absolute Gasteiger partial charge is 0.324 e. The average Bonchev–Trinajstić information content (AvgIpc) is 2.73. The molecule has 0 aliphatic rings. The highest BCUT2D eigenvalue weighted by Crippen LogP contribution is 2.19. The monoisotopic (exact) mass is 439 g/mol. The van der Waals surface area contributed by atoms with E-state index >= 15 is 0 Å². The van der Waals surface area contributed by atoms with Crippen LogP contribution in [0.2, 0.25) is 0 Å². The lowest BCUT2D eigenvalue weighted by atomic mass is 10.3. The molecular formula is C18H17N9O3S. The van der Waals surface area contributed by atoms with Gasteiger partial charge in [0.1, 0.15) is 6.42 Å². The lowest BCUT2D eigenvalue weighted by Gasteiger charge is -2.12. The van der Waals surface area contributed by atoms with E-state index in [1.165, 1.54) is 24.3 Å². The lowest BCUT2D eigenvalue weighted by Crippen LogP contribution is -2.30. The van der Waals surface area contributed by atoms with Crippen LogP contribution in [-0.2, 0) is 14.8 Å². The minimum absolute atomic E-state index is 0.00313. The normalized spacial score (nSPS) is 10.6. The van der Waals surface area contributed by atoms with Crippen molar-refractivity contribution in [3.05, 3.63) is 54.6 Å². The third kappa shape index (κ3) is 6.35. The first-order chi connectivity index (χ1) is 14.8. The van der Waals surface area contributed by atoms with Crippen molar-refractivity contribution >= 4 is 45.2 Å². The molecule has 1 heterocycles. The maximum Gasteiger partial charge on any atom is 0.252 e. The number of para-hydroxylation sites is 1. The predicted molar refractivity (Wildman–Crippen MR) is 113 cm³/mol. The number of nitriles is 1. The van der Waals surface area contributed by atoms with Crippen molar-refractivity contribution in [2.24, 2.45) is 5.14 Å². The summed E-state index contributed by atoms with van der Waals surface area (Å²) in [4.78, 5) is 24.1. The third-order valence-corrected chi connectivity index (χ3v) is 4.59.